The second-order valence-electron chi connectivity index (χ2n) is 5.97. The summed E-state index contributed by atoms with van der Waals surface area (Å²) in [5.41, 5.74) is 0.597. The molecule has 0 saturated heterocycles. The molecule has 146 valence electrons. The monoisotopic (exact) mass is 394 g/mol. The first-order chi connectivity index (χ1) is 14.0. The lowest BCUT2D eigenvalue weighted by atomic mass is 10.1. The number of carbonyl (C=O) groups is 3. The van der Waals surface area contributed by atoms with Crippen molar-refractivity contribution < 1.29 is 33.2 Å². The molecule has 0 saturated carbocycles. The maximum absolute atomic E-state index is 12.4. The minimum atomic E-state index is -1.02. The number of fused-ring (bicyclic) bond motifs is 1. The van der Waals surface area contributed by atoms with Gasteiger partial charge in [-0.05, 0) is 30.3 Å². The normalized spacial score (nSPS) is 12.7. The van der Waals surface area contributed by atoms with E-state index in [9.17, 15) is 14.4 Å². The molecule has 0 atom stereocenters. The third-order valence-electron chi connectivity index (χ3n) is 4.32. The van der Waals surface area contributed by atoms with Gasteiger partial charge in [-0.25, -0.2) is 4.79 Å². The van der Waals surface area contributed by atoms with Gasteiger partial charge in [0.05, 0.1) is 30.9 Å². The fourth-order valence-corrected chi connectivity index (χ4v) is 2.88. The lowest BCUT2D eigenvalue weighted by molar-refractivity contribution is -0.0590. The summed E-state index contributed by atoms with van der Waals surface area (Å²) in [6.07, 6.45) is 0. The predicted molar refractivity (Wildman–Crippen MR) is 97.4 cm³/mol. The van der Waals surface area contributed by atoms with Crippen molar-refractivity contribution in [3.05, 3.63) is 65.4 Å². The Balaban J connectivity index is 1.58. The van der Waals surface area contributed by atoms with Crippen molar-refractivity contribution in [3.8, 4) is 22.8 Å². The molecule has 2 heterocycles. The number of hydroxylamine groups is 2. The number of rotatable bonds is 5. The van der Waals surface area contributed by atoms with E-state index in [0.29, 0.717) is 22.1 Å². The molecule has 0 radical (unpaired) electrons. The second-order valence-corrected chi connectivity index (χ2v) is 5.97. The Hall–Kier alpha value is -4.14. The zero-order valence-corrected chi connectivity index (χ0v) is 15.4. The highest BCUT2D eigenvalue weighted by Gasteiger charge is 2.39. The van der Waals surface area contributed by atoms with Crippen LogP contribution in [0.3, 0.4) is 0 Å². The number of methoxy groups -OCH3 is 2. The topological polar surface area (TPSA) is 108 Å². The van der Waals surface area contributed by atoms with Gasteiger partial charge in [0.1, 0.15) is 11.5 Å². The van der Waals surface area contributed by atoms with Gasteiger partial charge in [-0.2, -0.15) is 0 Å². The van der Waals surface area contributed by atoms with Crippen LogP contribution in [0.4, 0.5) is 0 Å². The molecule has 1 aliphatic rings. The Morgan fingerprint density at radius 3 is 2.24 bits per heavy atom. The van der Waals surface area contributed by atoms with Gasteiger partial charge >= 0.3 is 5.97 Å². The standard InChI is InChI=1S/C20H14N2O7/c1-26-11-7-8-16(27-2)14(9-11)17-10-15(21-28-17)20(25)29-22-18(23)12-5-3-4-6-13(12)19(22)24/h3-10H,1-2H3. The molecule has 0 bridgehead atoms. The van der Waals surface area contributed by atoms with Crippen molar-refractivity contribution in [3.63, 3.8) is 0 Å². The fraction of sp³-hybridized carbons (Fsp3) is 0.100. The van der Waals surface area contributed by atoms with Crippen molar-refractivity contribution in [2.45, 2.75) is 0 Å². The molecule has 0 fully saturated rings. The summed E-state index contributed by atoms with van der Waals surface area (Å²) < 4.78 is 15.7. The van der Waals surface area contributed by atoms with Crippen LogP contribution >= 0.6 is 0 Å². The van der Waals surface area contributed by atoms with E-state index in [1.165, 1.54) is 32.4 Å². The van der Waals surface area contributed by atoms with E-state index in [2.05, 4.69) is 5.16 Å². The number of benzene rings is 2. The third-order valence-corrected chi connectivity index (χ3v) is 4.32. The Kier molecular flexibility index (Phi) is 4.47. The van der Waals surface area contributed by atoms with E-state index in [4.69, 9.17) is 18.8 Å². The van der Waals surface area contributed by atoms with Crippen molar-refractivity contribution in [2.24, 2.45) is 0 Å². The molecule has 0 unspecified atom stereocenters. The molecule has 1 aromatic heterocycles. The molecular formula is C20H14N2O7. The van der Waals surface area contributed by atoms with Crippen LogP contribution in [0.25, 0.3) is 11.3 Å². The van der Waals surface area contributed by atoms with Gasteiger partial charge in [0, 0.05) is 6.07 Å². The average molecular weight is 394 g/mol. The number of carbonyl (C=O) groups excluding carboxylic acids is 3. The SMILES string of the molecule is COc1ccc(OC)c(-c2cc(C(=O)ON3C(=O)c4ccccc4C3=O)no2)c1. The first-order valence-electron chi connectivity index (χ1n) is 8.42. The molecule has 0 N–H and O–H groups in total. The summed E-state index contributed by atoms with van der Waals surface area (Å²) in [6, 6.07) is 12.5. The van der Waals surface area contributed by atoms with Crippen LogP contribution in [0.15, 0.2) is 53.1 Å². The maximum atomic E-state index is 12.4. The maximum Gasteiger partial charge on any atom is 0.385 e. The first kappa shape index (κ1) is 18.2. The molecule has 0 spiro atoms. The summed E-state index contributed by atoms with van der Waals surface area (Å²) in [4.78, 5) is 42.0. The average Bonchev–Trinajstić information content (AvgIpc) is 3.33. The second kappa shape index (κ2) is 7.12. The minimum absolute atomic E-state index is 0.159. The van der Waals surface area contributed by atoms with Gasteiger partial charge in [-0.15, -0.1) is 0 Å². The smallest absolute Gasteiger partial charge is 0.385 e. The molecule has 4 rings (SSSR count). The molecule has 9 nitrogen and oxygen atoms in total. The summed E-state index contributed by atoms with van der Waals surface area (Å²) >= 11 is 0. The molecule has 9 heteroatoms. The quantitative estimate of drug-likeness (QED) is 0.608. The zero-order chi connectivity index (χ0) is 20.5. The van der Waals surface area contributed by atoms with E-state index in [0.717, 1.165) is 0 Å². The number of ether oxygens (including phenoxy) is 2. The summed E-state index contributed by atoms with van der Waals surface area (Å²) in [7, 11) is 3.00. The van der Waals surface area contributed by atoms with Gasteiger partial charge < -0.3 is 18.8 Å². The zero-order valence-electron chi connectivity index (χ0n) is 15.4. The number of aromatic nitrogens is 1. The van der Waals surface area contributed by atoms with Crippen LogP contribution < -0.4 is 9.47 Å². The highest BCUT2D eigenvalue weighted by molar-refractivity contribution is 6.21. The number of hydrogen-bond acceptors (Lipinski definition) is 8. The van der Waals surface area contributed by atoms with Gasteiger partial charge in [0.15, 0.2) is 11.5 Å². The van der Waals surface area contributed by atoms with E-state index >= 15 is 0 Å². The molecule has 3 aromatic rings. The number of imide groups is 1. The molecule has 1 aliphatic heterocycles. The molecule has 0 aliphatic carbocycles. The van der Waals surface area contributed by atoms with E-state index in [-0.39, 0.29) is 22.6 Å². The van der Waals surface area contributed by atoms with Crippen LogP contribution in [0, 0.1) is 0 Å². The Bertz CT molecular complexity index is 1100. The summed E-state index contributed by atoms with van der Waals surface area (Å²) in [5.74, 6) is -1.23. The first-order valence-corrected chi connectivity index (χ1v) is 8.42. The predicted octanol–water partition coefficient (Wildman–Crippen LogP) is 2.73. The van der Waals surface area contributed by atoms with E-state index < -0.39 is 17.8 Å². The Morgan fingerprint density at radius 2 is 1.62 bits per heavy atom. The van der Waals surface area contributed by atoms with Gasteiger partial charge in [-0.1, -0.05) is 22.4 Å². The number of hydrogen-bond donors (Lipinski definition) is 0. The molecule has 2 amide bonds. The third kappa shape index (κ3) is 3.08. The lowest BCUT2D eigenvalue weighted by Crippen LogP contribution is -2.32. The summed E-state index contributed by atoms with van der Waals surface area (Å²) in [5, 5.41) is 4.08. The van der Waals surface area contributed by atoms with Gasteiger partial charge in [-0.3, -0.25) is 9.59 Å². The van der Waals surface area contributed by atoms with Crippen LogP contribution in [-0.4, -0.2) is 42.2 Å². The van der Waals surface area contributed by atoms with Crippen LogP contribution in [-0.2, 0) is 4.84 Å². The molecule has 2 aromatic carbocycles. The van der Waals surface area contributed by atoms with Crippen molar-refractivity contribution in [1.82, 2.24) is 10.2 Å². The van der Waals surface area contributed by atoms with Crippen molar-refractivity contribution >= 4 is 17.8 Å². The lowest BCUT2D eigenvalue weighted by Gasteiger charge is -2.11. The van der Waals surface area contributed by atoms with Gasteiger partial charge in [0.2, 0.25) is 0 Å². The number of amides is 2. The van der Waals surface area contributed by atoms with Gasteiger partial charge in [0.25, 0.3) is 11.8 Å². The molecular weight excluding hydrogens is 380 g/mol. The largest absolute Gasteiger partial charge is 0.497 e. The van der Waals surface area contributed by atoms with E-state index in [1.807, 2.05) is 0 Å². The van der Waals surface area contributed by atoms with Crippen LogP contribution in [0.2, 0.25) is 0 Å². The Morgan fingerprint density at radius 1 is 0.931 bits per heavy atom. The molecule has 29 heavy (non-hydrogen) atoms. The van der Waals surface area contributed by atoms with Crippen LogP contribution in [0.1, 0.15) is 31.2 Å². The number of nitrogens with zero attached hydrogens (tertiary/aromatic N) is 2. The van der Waals surface area contributed by atoms with Crippen LogP contribution in [0.5, 0.6) is 11.5 Å². The van der Waals surface area contributed by atoms with Crippen molar-refractivity contribution in [1.29, 1.82) is 0 Å². The minimum Gasteiger partial charge on any atom is -0.497 e. The summed E-state index contributed by atoms with van der Waals surface area (Å²) in [6.45, 7) is 0. The highest BCUT2D eigenvalue weighted by Crippen LogP contribution is 2.34. The highest BCUT2D eigenvalue weighted by atomic mass is 16.7. The van der Waals surface area contributed by atoms with E-state index in [1.54, 1.807) is 30.3 Å². The Labute approximate surface area is 164 Å². The fourth-order valence-electron chi connectivity index (χ4n) is 2.88. The van der Waals surface area contributed by atoms with Crippen molar-refractivity contribution in [2.75, 3.05) is 14.2 Å².